The standard InChI is InChI=1S/C35H41FN4O4S/c1-6-37-34(38-26(4)39(5)35(41)40(7-2)23-27-18-19-32-33(22-27)44-25-43-32)45(8-3)21-20-31(28-14-10-9-11-15-28)42-24-29-16-12-13-17-30(29)36/h7-19,22,31H,2,6,20-21,23-25H2,1,3-5H3. The number of amides is 2. The zero-order chi connectivity index (χ0) is 32.2. The second-order valence-corrected chi connectivity index (χ2v) is 12.3. The summed E-state index contributed by atoms with van der Waals surface area (Å²) in [4.78, 5) is 26.1. The van der Waals surface area contributed by atoms with Gasteiger partial charge >= 0.3 is 6.03 Å². The van der Waals surface area contributed by atoms with E-state index in [2.05, 4.69) is 11.9 Å². The predicted octanol–water partition coefficient (Wildman–Crippen LogP) is 7.79. The molecule has 2 unspecified atom stereocenters. The van der Waals surface area contributed by atoms with Crippen LogP contribution >= 0.6 is 10.5 Å². The molecule has 1 aliphatic rings. The molecule has 0 saturated carbocycles. The molecule has 238 valence electrons. The molecule has 0 fully saturated rings. The SMILES string of the molecule is C=CN(Cc1ccc2c(c1)OCO2)C(=O)N(C)C(C)=NC(=NCC)/S(=C\C)CCC(OCc1ccccc1F)c1ccccc1. The molecule has 0 aliphatic carbocycles. The van der Waals surface area contributed by atoms with Gasteiger partial charge in [0, 0.05) is 25.4 Å². The number of hydrogen-bond donors (Lipinski definition) is 0. The first-order valence-electron chi connectivity index (χ1n) is 14.9. The molecule has 2 atom stereocenters. The van der Waals surface area contributed by atoms with Crippen LogP contribution < -0.4 is 9.47 Å². The number of aliphatic imine (C=N–C) groups is 2. The average molecular weight is 633 g/mol. The van der Waals surface area contributed by atoms with Crippen LogP contribution in [-0.4, -0.2) is 58.3 Å². The Morgan fingerprint density at radius 2 is 1.84 bits per heavy atom. The van der Waals surface area contributed by atoms with E-state index >= 15 is 0 Å². The van der Waals surface area contributed by atoms with Crippen LogP contribution in [0, 0.1) is 5.82 Å². The zero-order valence-corrected chi connectivity index (χ0v) is 27.1. The fourth-order valence-corrected chi connectivity index (χ4v) is 6.31. The molecule has 1 aliphatic heterocycles. The van der Waals surface area contributed by atoms with Crippen LogP contribution in [0.2, 0.25) is 0 Å². The maximum Gasteiger partial charge on any atom is 0.329 e. The summed E-state index contributed by atoms with van der Waals surface area (Å²) in [6.07, 6.45) is 1.94. The van der Waals surface area contributed by atoms with Crippen molar-refractivity contribution in [1.29, 1.82) is 0 Å². The van der Waals surface area contributed by atoms with Crippen molar-refractivity contribution in [2.75, 3.05) is 26.1 Å². The van der Waals surface area contributed by atoms with Crippen molar-refractivity contribution < 1.29 is 23.4 Å². The Balaban J connectivity index is 1.45. The van der Waals surface area contributed by atoms with E-state index in [4.69, 9.17) is 24.2 Å². The molecule has 0 N–H and O–H groups in total. The number of ether oxygens (including phenoxy) is 3. The van der Waals surface area contributed by atoms with Crippen LogP contribution in [0.15, 0.2) is 95.6 Å². The van der Waals surface area contributed by atoms with Gasteiger partial charge in [0.05, 0.1) is 19.3 Å². The van der Waals surface area contributed by atoms with E-state index in [0.717, 1.165) is 16.9 Å². The summed E-state index contributed by atoms with van der Waals surface area (Å²) in [5, 5.41) is 2.76. The topological polar surface area (TPSA) is 76.0 Å². The summed E-state index contributed by atoms with van der Waals surface area (Å²) in [6.45, 7) is 10.8. The van der Waals surface area contributed by atoms with Crippen molar-refractivity contribution in [3.63, 3.8) is 0 Å². The highest BCUT2D eigenvalue weighted by Gasteiger charge is 2.21. The van der Waals surface area contributed by atoms with Crippen LogP contribution in [0.4, 0.5) is 9.18 Å². The van der Waals surface area contributed by atoms with E-state index < -0.39 is 10.5 Å². The molecule has 0 saturated heterocycles. The molecular formula is C35H41FN4O4S. The first-order chi connectivity index (χ1) is 21.8. The van der Waals surface area contributed by atoms with Gasteiger partial charge in [-0.3, -0.25) is 14.8 Å². The summed E-state index contributed by atoms with van der Waals surface area (Å²) in [7, 11) is 1.27. The molecule has 0 radical (unpaired) electrons. The van der Waals surface area contributed by atoms with Gasteiger partial charge in [0.15, 0.2) is 16.7 Å². The van der Waals surface area contributed by atoms with Gasteiger partial charge in [-0.15, -0.1) is 10.5 Å². The first-order valence-corrected chi connectivity index (χ1v) is 16.3. The van der Waals surface area contributed by atoms with Gasteiger partial charge in [-0.05, 0) is 62.3 Å². The first kappa shape index (κ1) is 33.6. The Morgan fingerprint density at radius 1 is 1.11 bits per heavy atom. The smallest absolute Gasteiger partial charge is 0.329 e. The highest BCUT2D eigenvalue weighted by molar-refractivity contribution is 8.27. The average Bonchev–Trinajstić information content (AvgIpc) is 3.53. The molecule has 4 rings (SSSR count). The number of carbonyl (C=O) groups excluding carboxylic acids is 1. The number of rotatable bonds is 11. The number of fused-ring (bicyclic) bond motifs is 1. The molecule has 10 heteroatoms. The van der Waals surface area contributed by atoms with Gasteiger partial charge in [-0.25, -0.2) is 14.2 Å². The Labute approximate surface area is 267 Å². The van der Waals surface area contributed by atoms with Crippen molar-refractivity contribution in [1.82, 2.24) is 9.80 Å². The number of benzene rings is 3. The lowest BCUT2D eigenvalue weighted by Crippen LogP contribution is -2.40. The van der Waals surface area contributed by atoms with Crippen molar-refractivity contribution in [3.8, 4) is 11.5 Å². The number of urea groups is 1. The fraction of sp³-hybridized carbons (Fsp3) is 0.314. The third-order valence-corrected chi connectivity index (χ3v) is 9.20. The largest absolute Gasteiger partial charge is 0.454 e. The van der Waals surface area contributed by atoms with Crippen molar-refractivity contribution in [2.45, 2.75) is 46.4 Å². The molecule has 2 amide bonds. The highest BCUT2D eigenvalue weighted by atomic mass is 32.2. The number of carbonyl (C=O) groups is 1. The Bertz CT molecular complexity index is 1560. The van der Waals surface area contributed by atoms with Crippen LogP contribution in [0.5, 0.6) is 11.5 Å². The molecule has 3 aromatic carbocycles. The Hall–Kier alpha value is -4.28. The molecular weight excluding hydrogens is 591 g/mol. The molecule has 45 heavy (non-hydrogen) atoms. The predicted molar refractivity (Wildman–Crippen MR) is 182 cm³/mol. The van der Waals surface area contributed by atoms with E-state index in [1.807, 2.05) is 68.4 Å². The molecule has 8 nitrogen and oxygen atoms in total. The summed E-state index contributed by atoms with van der Waals surface area (Å²) in [6, 6.07) is 22.0. The maximum atomic E-state index is 14.3. The Kier molecular flexibility index (Phi) is 12.5. The minimum absolute atomic E-state index is 0.169. The van der Waals surface area contributed by atoms with Crippen molar-refractivity contribution in [3.05, 3.63) is 108 Å². The summed E-state index contributed by atoms with van der Waals surface area (Å²) in [5.74, 6) is 2.30. The van der Waals surface area contributed by atoms with Crippen LogP contribution in [0.3, 0.4) is 0 Å². The Morgan fingerprint density at radius 3 is 2.56 bits per heavy atom. The quantitative estimate of drug-likeness (QED) is 0.123. The number of hydrogen-bond acceptors (Lipinski definition) is 5. The minimum atomic E-state index is -0.424. The number of amidine groups is 2. The van der Waals surface area contributed by atoms with Gasteiger partial charge in [-0.1, -0.05) is 66.5 Å². The number of halogens is 1. The lowest BCUT2D eigenvalue weighted by atomic mass is 10.1. The molecule has 0 aromatic heterocycles. The van der Waals surface area contributed by atoms with E-state index in [0.29, 0.717) is 47.6 Å². The number of nitrogens with zero attached hydrogens (tertiary/aromatic N) is 4. The third kappa shape index (κ3) is 9.12. The fourth-order valence-electron chi connectivity index (χ4n) is 4.67. The summed E-state index contributed by atoms with van der Waals surface area (Å²) in [5.41, 5.74) is 2.43. The van der Waals surface area contributed by atoms with Gasteiger partial charge in [0.2, 0.25) is 6.79 Å². The monoisotopic (exact) mass is 632 g/mol. The van der Waals surface area contributed by atoms with Crippen LogP contribution in [0.25, 0.3) is 0 Å². The van der Waals surface area contributed by atoms with E-state index in [1.165, 1.54) is 22.1 Å². The lowest BCUT2D eigenvalue weighted by molar-refractivity contribution is 0.0364. The minimum Gasteiger partial charge on any atom is -0.454 e. The van der Waals surface area contributed by atoms with Gasteiger partial charge in [0.25, 0.3) is 0 Å². The molecule has 1 heterocycles. The van der Waals surface area contributed by atoms with Gasteiger partial charge < -0.3 is 14.2 Å². The highest BCUT2D eigenvalue weighted by Crippen LogP contribution is 2.33. The van der Waals surface area contributed by atoms with E-state index in [9.17, 15) is 9.18 Å². The van der Waals surface area contributed by atoms with Crippen molar-refractivity contribution >= 4 is 32.9 Å². The maximum absolute atomic E-state index is 14.3. The second kappa shape index (κ2) is 16.7. The van der Waals surface area contributed by atoms with Gasteiger partial charge in [0.1, 0.15) is 11.7 Å². The third-order valence-electron chi connectivity index (χ3n) is 7.27. The second-order valence-electron chi connectivity index (χ2n) is 10.2. The van der Waals surface area contributed by atoms with E-state index in [-0.39, 0.29) is 31.4 Å². The van der Waals surface area contributed by atoms with E-state index in [1.54, 1.807) is 26.1 Å². The summed E-state index contributed by atoms with van der Waals surface area (Å²) < 4.78 is 31.5. The molecule has 3 aromatic rings. The zero-order valence-electron chi connectivity index (χ0n) is 26.3. The molecule has 0 bridgehead atoms. The molecule has 0 spiro atoms. The summed E-state index contributed by atoms with van der Waals surface area (Å²) >= 11 is 0. The van der Waals surface area contributed by atoms with Crippen LogP contribution in [0.1, 0.15) is 50.0 Å². The normalized spacial score (nSPS) is 14.2. The van der Waals surface area contributed by atoms with Crippen molar-refractivity contribution in [2.24, 2.45) is 9.98 Å². The lowest BCUT2D eigenvalue weighted by Gasteiger charge is -2.25. The van der Waals surface area contributed by atoms with Crippen LogP contribution in [-0.2, 0) is 17.9 Å². The van der Waals surface area contributed by atoms with Gasteiger partial charge in [-0.2, -0.15) is 0 Å².